The van der Waals surface area contributed by atoms with Crippen molar-refractivity contribution in [3.8, 4) is 0 Å². The largest absolute Gasteiger partial charge is 0.326 e. The maximum Gasteiger partial charge on any atom is 0.238 e. The van der Waals surface area contributed by atoms with Crippen molar-refractivity contribution in [2.24, 2.45) is 5.73 Å². The average molecular weight is 249 g/mol. The summed E-state index contributed by atoms with van der Waals surface area (Å²) in [5.74, 6) is -0.239. The highest BCUT2D eigenvalue weighted by molar-refractivity contribution is 5.94. The Hall–Kier alpha value is -1.88. The number of nitrogens with two attached hydrogens (primary N) is 1. The van der Waals surface area contributed by atoms with Crippen molar-refractivity contribution in [1.82, 2.24) is 0 Å². The van der Waals surface area contributed by atoms with Crippen LogP contribution in [-0.2, 0) is 9.59 Å². The zero-order chi connectivity index (χ0) is 13.5. The first-order valence-corrected chi connectivity index (χ1v) is 5.97. The van der Waals surface area contributed by atoms with Gasteiger partial charge in [0.25, 0.3) is 0 Å². The SMILES string of the molecule is CCCC(=O)Nc1ccc(NC(=O)CN)cc1C. The fourth-order valence-electron chi connectivity index (χ4n) is 1.53. The van der Waals surface area contributed by atoms with Gasteiger partial charge in [0.1, 0.15) is 0 Å². The molecule has 0 unspecified atom stereocenters. The number of carbonyl (C=O) groups is 2. The Labute approximate surface area is 107 Å². The summed E-state index contributed by atoms with van der Waals surface area (Å²) >= 11 is 0. The molecular formula is C13H19N3O2. The van der Waals surface area contributed by atoms with Gasteiger partial charge in [-0.25, -0.2) is 0 Å². The van der Waals surface area contributed by atoms with Gasteiger partial charge in [0.05, 0.1) is 6.54 Å². The summed E-state index contributed by atoms with van der Waals surface area (Å²) < 4.78 is 0. The van der Waals surface area contributed by atoms with Crippen LogP contribution in [0.5, 0.6) is 0 Å². The second-order valence-corrected chi connectivity index (χ2v) is 4.08. The van der Waals surface area contributed by atoms with Gasteiger partial charge in [-0.15, -0.1) is 0 Å². The van der Waals surface area contributed by atoms with E-state index in [0.29, 0.717) is 12.1 Å². The minimum absolute atomic E-state index is 0.000608. The lowest BCUT2D eigenvalue weighted by Gasteiger charge is -2.10. The third kappa shape index (κ3) is 4.18. The molecule has 5 nitrogen and oxygen atoms in total. The molecule has 0 heterocycles. The molecule has 0 aliphatic rings. The van der Waals surface area contributed by atoms with Crippen LogP contribution >= 0.6 is 0 Å². The molecule has 0 atom stereocenters. The van der Waals surface area contributed by atoms with Gasteiger partial charge in [0.2, 0.25) is 11.8 Å². The number of carbonyl (C=O) groups excluding carboxylic acids is 2. The van der Waals surface area contributed by atoms with Crippen molar-refractivity contribution in [3.05, 3.63) is 23.8 Å². The maximum atomic E-state index is 11.5. The van der Waals surface area contributed by atoms with Crippen molar-refractivity contribution in [2.45, 2.75) is 26.7 Å². The summed E-state index contributed by atoms with van der Waals surface area (Å²) in [7, 11) is 0. The van der Waals surface area contributed by atoms with Crippen LogP contribution in [-0.4, -0.2) is 18.4 Å². The molecule has 1 aromatic rings. The van der Waals surface area contributed by atoms with Gasteiger partial charge in [0, 0.05) is 17.8 Å². The molecular weight excluding hydrogens is 230 g/mol. The molecule has 1 rings (SSSR count). The number of benzene rings is 1. The van der Waals surface area contributed by atoms with E-state index in [2.05, 4.69) is 10.6 Å². The molecule has 1 aromatic carbocycles. The number of amides is 2. The Balaban J connectivity index is 2.73. The highest BCUT2D eigenvalue weighted by Crippen LogP contribution is 2.19. The van der Waals surface area contributed by atoms with E-state index in [4.69, 9.17) is 5.73 Å². The fourth-order valence-corrected chi connectivity index (χ4v) is 1.53. The highest BCUT2D eigenvalue weighted by Gasteiger charge is 2.05. The number of nitrogens with one attached hydrogen (secondary N) is 2. The van der Waals surface area contributed by atoms with Crippen molar-refractivity contribution in [3.63, 3.8) is 0 Å². The monoisotopic (exact) mass is 249 g/mol. The zero-order valence-corrected chi connectivity index (χ0v) is 10.7. The highest BCUT2D eigenvalue weighted by atomic mass is 16.2. The number of rotatable bonds is 5. The molecule has 4 N–H and O–H groups in total. The van der Waals surface area contributed by atoms with Gasteiger partial charge in [-0.05, 0) is 37.1 Å². The predicted octanol–water partition coefficient (Wildman–Crippen LogP) is 1.63. The standard InChI is InChI=1S/C13H19N3O2/c1-3-4-12(17)16-11-6-5-10(7-9(11)2)15-13(18)8-14/h5-7H,3-4,8,14H2,1-2H3,(H,15,18)(H,16,17). The second-order valence-electron chi connectivity index (χ2n) is 4.08. The molecule has 98 valence electrons. The number of hydrogen-bond donors (Lipinski definition) is 3. The summed E-state index contributed by atoms with van der Waals surface area (Å²) in [5, 5.41) is 5.49. The van der Waals surface area contributed by atoms with Crippen LogP contribution in [0.2, 0.25) is 0 Å². The zero-order valence-electron chi connectivity index (χ0n) is 10.7. The first-order chi connectivity index (χ1) is 8.56. The minimum atomic E-state index is -0.239. The fraction of sp³-hybridized carbons (Fsp3) is 0.385. The molecule has 18 heavy (non-hydrogen) atoms. The Morgan fingerprint density at radius 3 is 2.50 bits per heavy atom. The lowest BCUT2D eigenvalue weighted by atomic mass is 10.1. The van der Waals surface area contributed by atoms with Gasteiger partial charge in [-0.3, -0.25) is 9.59 Å². The normalized spacial score (nSPS) is 9.94. The summed E-state index contributed by atoms with van der Waals surface area (Å²) in [6.45, 7) is 3.78. The Kier molecular flexibility index (Phi) is 5.32. The Morgan fingerprint density at radius 1 is 1.22 bits per heavy atom. The van der Waals surface area contributed by atoms with Crippen molar-refractivity contribution < 1.29 is 9.59 Å². The predicted molar refractivity (Wildman–Crippen MR) is 72.4 cm³/mol. The van der Waals surface area contributed by atoms with E-state index in [0.717, 1.165) is 17.7 Å². The van der Waals surface area contributed by atoms with Crippen molar-refractivity contribution in [1.29, 1.82) is 0 Å². The van der Waals surface area contributed by atoms with Crippen LogP contribution in [0.25, 0.3) is 0 Å². The quantitative estimate of drug-likeness (QED) is 0.741. The van der Waals surface area contributed by atoms with Crippen LogP contribution in [0.15, 0.2) is 18.2 Å². The molecule has 5 heteroatoms. The molecule has 0 saturated carbocycles. The van der Waals surface area contributed by atoms with Crippen LogP contribution in [0, 0.1) is 6.92 Å². The van der Waals surface area contributed by atoms with Crippen LogP contribution in [0.3, 0.4) is 0 Å². The topological polar surface area (TPSA) is 84.2 Å². The van der Waals surface area contributed by atoms with Crippen molar-refractivity contribution in [2.75, 3.05) is 17.2 Å². The first kappa shape index (κ1) is 14.2. The lowest BCUT2D eigenvalue weighted by Crippen LogP contribution is -2.21. The summed E-state index contributed by atoms with van der Waals surface area (Å²) in [5.41, 5.74) is 7.56. The van der Waals surface area contributed by atoms with Crippen LogP contribution in [0.1, 0.15) is 25.3 Å². The first-order valence-electron chi connectivity index (χ1n) is 5.97. The summed E-state index contributed by atoms with van der Waals surface area (Å²) in [6.07, 6.45) is 1.32. The van der Waals surface area contributed by atoms with Gasteiger partial charge < -0.3 is 16.4 Å². The molecule has 0 radical (unpaired) electrons. The second kappa shape index (κ2) is 6.76. The average Bonchev–Trinajstić information content (AvgIpc) is 2.33. The van der Waals surface area contributed by atoms with E-state index in [1.165, 1.54) is 0 Å². The summed E-state index contributed by atoms with van der Waals surface area (Å²) in [6, 6.07) is 5.31. The van der Waals surface area contributed by atoms with E-state index < -0.39 is 0 Å². The number of aryl methyl sites for hydroxylation is 1. The molecule has 0 saturated heterocycles. The number of anilines is 2. The summed E-state index contributed by atoms with van der Waals surface area (Å²) in [4.78, 5) is 22.6. The smallest absolute Gasteiger partial charge is 0.238 e. The molecule has 2 amide bonds. The molecule has 0 bridgehead atoms. The van der Waals surface area contributed by atoms with E-state index in [1.54, 1.807) is 18.2 Å². The van der Waals surface area contributed by atoms with E-state index >= 15 is 0 Å². The minimum Gasteiger partial charge on any atom is -0.326 e. The molecule has 0 aliphatic carbocycles. The molecule has 0 fully saturated rings. The third-order valence-electron chi connectivity index (χ3n) is 2.45. The van der Waals surface area contributed by atoms with Crippen LogP contribution < -0.4 is 16.4 Å². The van der Waals surface area contributed by atoms with E-state index in [1.807, 2.05) is 13.8 Å². The van der Waals surface area contributed by atoms with Gasteiger partial charge >= 0.3 is 0 Å². The maximum absolute atomic E-state index is 11.5. The van der Waals surface area contributed by atoms with E-state index in [-0.39, 0.29) is 18.4 Å². The van der Waals surface area contributed by atoms with Gasteiger partial charge in [-0.2, -0.15) is 0 Å². The third-order valence-corrected chi connectivity index (χ3v) is 2.45. The van der Waals surface area contributed by atoms with Crippen molar-refractivity contribution >= 4 is 23.2 Å². The Bertz CT molecular complexity index is 444. The Morgan fingerprint density at radius 2 is 1.94 bits per heavy atom. The van der Waals surface area contributed by atoms with Gasteiger partial charge in [-0.1, -0.05) is 6.92 Å². The van der Waals surface area contributed by atoms with Gasteiger partial charge in [0.15, 0.2) is 0 Å². The van der Waals surface area contributed by atoms with Crippen LogP contribution in [0.4, 0.5) is 11.4 Å². The molecule has 0 aromatic heterocycles. The number of hydrogen-bond acceptors (Lipinski definition) is 3. The van der Waals surface area contributed by atoms with E-state index in [9.17, 15) is 9.59 Å². The molecule has 0 spiro atoms. The lowest BCUT2D eigenvalue weighted by molar-refractivity contribution is -0.116. The molecule has 0 aliphatic heterocycles.